The maximum atomic E-state index is 5.58. The van der Waals surface area contributed by atoms with Crippen molar-refractivity contribution in [3.05, 3.63) is 0 Å². The van der Waals surface area contributed by atoms with Gasteiger partial charge in [0.2, 0.25) is 0 Å². The molecular weight excluding hydrogens is 164 g/mol. The monoisotopic (exact) mass is 182 g/mol. The van der Waals surface area contributed by atoms with E-state index in [2.05, 4.69) is 22.1 Å². The molecule has 3 heteroatoms. The normalized spacial score (nSPS) is 23.7. The van der Waals surface area contributed by atoms with Crippen LogP contribution in [-0.4, -0.2) is 50.8 Å². The van der Waals surface area contributed by atoms with Crippen LogP contribution in [0, 0.1) is 11.8 Å². The fourth-order valence-electron chi connectivity index (χ4n) is 1.47. The van der Waals surface area contributed by atoms with E-state index in [4.69, 9.17) is 4.74 Å². The molecule has 1 fully saturated rings. The lowest BCUT2D eigenvalue weighted by molar-refractivity contribution is -0.0216. The summed E-state index contributed by atoms with van der Waals surface area (Å²) in [6.07, 6.45) is 0.331. The first-order valence-corrected chi connectivity index (χ1v) is 4.75. The fraction of sp³-hybridized carbons (Fsp3) is 0.800. The Bertz CT molecular complexity index is 193. The molecule has 0 aliphatic carbocycles. The van der Waals surface area contributed by atoms with Gasteiger partial charge in [0.1, 0.15) is 0 Å². The molecule has 0 spiro atoms. The van der Waals surface area contributed by atoms with E-state index in [9.17, 15) is 0 Å². The van der Waals surface area contributed by atoms with Crippen molar-refractivity contribution in [2.45, 2.75) is 13.0 Å². The van der Waals surface area contributed by atoms with Gasteiger partial charge in [-0.05, 0) is 14.0 Å². The molecule has 0 saturated carbocycles. The molecule has 1 aliphatic heterocycles. The van der Waals surface area contributed by atoms with Crippen LogP contribution in [0.1, 0.15) is 6.92 Å². The number of morpholine rings is 1. The zero-order chi connectivity index (χ0) is 9.52. The van der Waals surface area contributed by atoms with Crippen LogP contribution in [0.5, 0.6) is 0 Å². The van der Waals surface area contributed by atoms with Crippen LogP contribution < -0.4 is 5.32 Å². The highest BCUT2D eigenvalue weighted by atomic mass is 16.5. The van der Waals surface area contributed by atoms with Gasteiger partial charge in [-0.3, -0.25) is 4.90 Å². The number of likely N-dealkylation sites (N-methyl/N-ethyl adjacent to an activating group) is 1. The van der Waals surface area contributed by atoms with Gasteiger partial charge >= 0.3 is 0 Å². The summed E-state index contributed by atoms with van der Waals surface area (Å²) < 4.78 is 5.58. The number of ether oxygens (including phenoxy) is 1. The van der Waals surface area contributed by atoms with E-state index >= 15 is 0 Å². The second-order valence-electron chi connectivity index (χ2n) is 3.21. The molecule has 0 bridgehead atoms. The predicted molar refractivity (Wildman–Crippen MR) is 53.6 cm³/mol. The fourth-order valence-corrected chi connectivity index (χ4v) is 1.47. The molecule has 1 aliphatic rings. The van der Waals surface area contributed by atoms with E-state index < -0.39 is 0 Å². The maximum Gasteiger partial charge on any atom is 0.0826 e. The average molecular weight is 182 g/mol. The van der Waals surface area contributed by atoms with Crippen molar-refractivity contribution in [2.75, 3.05) is 39.8 Å². The molecule has 13 heavy (non-hydrogen) atoms. The predicted octanol–water partition coefficient (Wildman–Crippen LogP) is -0.0701. The minimum absolute atomic E-state index is 0.331. The summed E-state index contributed by atoms with van der Waals surface area (Å²) in [6.45, 7) is 6.52. The maximum absolute atomic E-state index is 5.58. The molecule has 1 atom stereocenters. The summed E-state index contributed by atoms with van der Waals surface area (Å²) in [4.78, 5) is 2.34. The number of nitrogens with one attached hydrogen (secondary N) is 1. The first kappa shape index (κ1) is 10.5. The quantitative estimate of drug-likeness (QED) is 0.618. The molecule has 0 aromatic rings. The van der Waals surface area contributed by atoms with Crippen LogP contribution in [-0.2, 0) is 4.74 Å². The highest BCUT2D eigenvalue weighted by Crippen LogP contribution is 2.03. The summed E-state index contributed by atoms with van der Waals surface area (Å²) in [5.74, 6) is 5.99. The highest BCUT2D eigenvalue weighted by Gasteiger charge is 2.18. The lowest BCUT2D eigenvalue weighted by atomic mass is 10.2. The summed E-state index contributed by atoms with van der Waals surface area (Å²) in [5, 5.41) is 3.13. The van der Waals surface area contributed by atoms with E-state index in [0.29, 0.717) is 6.10 Å². The Morgan fingerprint density at radius 3 is 3.15 bits per heavy atom. The molecule has 0 aromatic heterocycles. The molecule has 1 heterocycles. The van der Waals surface area contributed by atoms with E-state index in [0.717, 1.165) is 32.8 Å². The minimum Gasteiger partial charge on any atom is -0.374 e. The molecule has 74 valence electrons. The van der Waals surface area contributed by atoms with E-state index in [1.165, 1.54) is 0 Å². The molecule has 1 N–H and O–H groups in total. The van der Waals surface area contributed by atoms with Gasteiger partial charge in [-0.25, -0.2) is 0 Å². The van der Waals surface area contributed by atoms with Crippen LogP contribution in [0.15, 0.2) is 0 Å². The third-order valence-electron chi connectivity index (χ3n) is 2.13. The van der Waals surface area contributed by atoms with E-state index in [-0.39, 0.29) is 0 Å². The topological polar surface area (TPSA) is 24.5 Å². The van der Waals surface area contributed by atoms with E-state index in [1.807, 2.05) is 14.0 Å². The summed E-state index contributed by atoms with van der Waals surface area (Å²) in [6, 6.07) is 0. The van der Waals surface area contributed by atoms with Gasteiger partial charge in [-0.1, -0.05) is 5.92 Å². The summed E-state index contributed by atoms with van der Waals surface area (Å²) in [5.41, 5.74) is 0. The summed E-state index contributed by atoms with van der Waals surface area (Å²) >= 11 is 0. The highest BCUT2D eigenvalue weighted by molar-refractivity contribution is 4.98. The SMILES string of the molecule is CC#CCN1CCOC(CNC)C1. The third-order valence-corrected chi connectivity index (χ3v) is 2.13. The van der Waals surface area contributed by atoms with Crippen LogP contribution in [0.25, 0.3) is 0 Å². The molecule has 0 aromatic carbocycles. The summed E-state index contributed by atoms with van der Waals surface area (Å²) in [7, 11) is 1.95. The Hall–Kier alpha value is -0.560. The molecule has 3 nitrogen and oxygen atoms in total. The lowest BCUT2D eigenvalue weighted by Gasteiger charge is -2.31. The van der Waals surface area contributed by atoms with E-state index in [1.54, 1.807) is 0 Å². The third kappa shape index (κ3) is 3.77. The van der Waals surface area contributed by atoms with Crippen molar-refractivity contribution in [3.63, 3.8) is 0 Å². The zero-order valence-electron chi connectivity index (χ0n) is 8.47. The van der Waals surface area contributed by atoms with Crippen LogP contribution in [0.3, 0.4) is 0 Å². The second-order valence-corrected chi connectivity index (χ2v) is 3.21. The van der Waals surface area contributed by atoms with Gasteiger partial charge in [-0.2, -0.15) is 0 Å². The first-order chi connectivity index (χ1) is 6.36. The molecular formula is C10H18N2O. The van der Waals surface area contributed by atoms with Gasteiger partial charge in [0.15, 0.2) is 0 Å². The Labute approximate surface area is 80.4 Å². The van der Waals surface area contributed by atoms with Crippen LogP contribution in [0.4, 0.5) is 0 Å². The molecule has 1 rings (SSSR count). The second kappa shape index (κ2) is 5.98. The van der Waals surface area contributed by atoms with Gasteiger partial charge in [0.05, 0.1) is 19.3 Å². The van der Waals surface area contributed by atoms with Gasteiger partial charge < -0.3 is 10.1 Å². The van der Waals surface area contributed by atoms with Crippen molar-refractivity contribution in [1.29, 1.82) is 0 Å². The van der Waals surface area contributed by atoms with Gasteiger partial charge in [0.25, 0.3) is 0 Å². The first-order valence-electron chi connectivity index (χ1n) is 4.75. The Morgan fingerprint density at radius 2 is 2.46 bits per heavy atom. The van der Waals surface area contributed by atoms with Crippen molar-refractivity contribution in [1.82, 2.24) is 10.2 Å². The number of rotatable bonds is 3. The molecule has 1 saturated heterocycles. The molecule has 0 amide bonds. The molecule has 1 unspecified atom stereocenters. The Balaban J connectivity index is 2.27. The van der Waals surface area contributed by atoms with Gasteiger partial charge in [0, 0.05) is 19.6 Å². The Kier molecular flexibility index (Phi) is 4.84. The average Bonchev–Trinajstić information content (AvgIpc) is 2.16. The minimum atomic E-state index is 0.331. The Morgan fingerprint density at radius 1 is 1.62 bits per heavy atom. The smallest absolute Gasteiger partial charge is 0.0826 e. The number of nitrogens with zero attached hydrogens (tertiary/aromatic N) is 1. The van der Waals surface area contributed by atoms with Crippen molar-refractivity contribution >= 4 is 0 Å². The number of hydrogen-bond donors (Lipinski definition) is 1. The largest absolute Gasteiger partial charge is 0.374 e. The standard InChI is InChI=1S/C10H18N2O/c1-3-4-5-12-6-7-13-10(9-12)8-11-2/h10-11H,5-9H2,1-2H3. The number of hydrogen-bond acceptors (Lipinski definition) is 3. The lowest BCUT2D eigenvalue weighted by Crippen LogP contribution is -2.46. The van der Waals surface area contributed by atoms with Crippen molar-refractivity contribution in [3.8, 4) is 11.8 Å². The van der Waals surface area contributed by atoms with Crippen molar-refractivity contribution in [2.24, 2.45) is 0 Å². The van der Waals surface area contributed by atoms with Crippen LogP contribution in [0.2, 0.25) is 0 Å². The van der Waals surface area contributed by atoms with Crippen molar-refractivity contribution < 1.29 is 4.74 Å². The zero-order valence-corrected chi connectivity index (χ0v) is 8.47. The van der Waals surface area contributed by atoms with Crippen LogP contribution >= 0.6 is 0 Å². The van der Waals surface area contributed by atoms with Gasteiger partial charge in [-0.15, -0.1) is 5.92 Å². The molecule has 0 radical (unpaired) electrons.